The number of aromatic nitrogens is 3. The molecule has 3 aromatic rings. The molecule has 0 amide bonds. The van der Waals surface area contributed by atoms with Gasteiger partial charge in [-0.15, -0.1) is 13.2 Å². The van der Waals surface area contributed by atoms with E-state index in [-0.39, 0.29) is 0 Å². The SMILES string of the molecule is C=CCN(C)c1nc(N(C)CC=C)nc(N2CCC(NCC(c3ccccc3)c3ccccc3)CC2)n1. The molecule has 4 rings (SSSR count). The van der Waals surface area contributed by atoms with Crippen LogP contribution in [0.1, 0.15) is 29.9 Å². The monoisotopic (exact) mass is 497 g/mol. The highest BCUT2D eigenvalue weighted by atomic mass is 15.4. The van der Waals surface area contributed by atoms with Crippen LogP contribution in [-0.4, -0.2) is 67.8 Å². The third kappa shape index (κ3) is 6.95. The molecule has 1 aliphatic rings. The van der Waals surface area contributed by atoms with E-state index in [2.05, 4.69) is 89.0 Å². The second-order valence-electron chi connectivity index (χ2n) is 9.62. The molecule has 1 saturated heterocycles. The number of piperidine rings is 1. The molecule has 1 fully saturated rings. The Morgan fingerprint density at radius 2 is 1.32 bits per heavy atom. The molecule has 0 unspecified atom stereocenters. The van der Waals surface area contributed by atoms with Gasteiger partial charge in [0.25, 0.3) is 0 Å². The maximum atomic E-state index is 4.81. The summed E-state index contributed by atoms with van der Waals surface area (Å²) in [4.78, 5) is 20.6. The number of benzene rings is 2. The Morgan fingerprint density at radius 3 is 1.78 bits per heavy atom. The molecule has 1 N–H and O–H groups in total. The van der Waals surface area contributed by atoms with Crippen molar-refractivity contribution in [2.24, 2.45) is 0 Å². The smallest absolute Gasteiger partial charge is 0.231 e. The number of nitrogens with zero attached hydrogens (tertiary/aromatic N) is 6. The molecule has 0 bridgehead atoms. The molecule has 2 aromatic carbocycles. The topological polar surface area (TPSA) is 60.4 Å². The first kappa shape index (κ1) is 26.4. The molecule has 0 atom stereocenters. The Hall–Kier alpha value is -3.71. The molecular formula is C30H39N7. The third-order valence-corrected chi connectivity index (χ3v) is 6.88. The first-order valence-corrected chi connectivity index (χ1v) is 13.1. The van der Waals surface area contributed by atoms with Crippen molar-refractivity contribution in [3.05, 3.63) is 97.1 Å². The molecule has 1 aromatic heterocycles. The average molecular weight is 498 g/mol. The van der Waals surface area contributed by atoms with Crippen molar-refractivity contribution in [2.75, 3.05) is 61.5 Å². The highest BCUT2D eigenvalue weighted by molar-refractivity contribution is 5.47. The first-order chi connectivity index (χ1) is 18.1. The predicted octanol–water partition coefficient (Wildman–Crippen LogP) is 4.51. The number of nitrogens with one attached hydrogen (secondary N) is 1. The van der Waals surface area contributed by atoms with E-state index in [4.69, 9.17) is 9.97 Å². The molecule has 7 nitrogen and oxygen atoms in total. The zero-order chi connectivity index (χ0) is 26.0. The highest BCUT2D eigenvalue weighted by Crippen LogP contribution is 2.25. The summed E-state index contributed by atoms with van der Waals surface area (Å²) in [6.45, 7) is 11.8. The van der Waals surface area contributed by atoms with E-state index in [1.54, 1.807) is 0 Å². The first-order valence-electron chi connectivity index (χ1n) is 13.1. The van der Waals surface area contributed by atoms with Gasteiger partial charge in [0.05, 0.1) is 0 Å². The van der Waals surface area contributed by atoms with Crippen molar-refractivity contribution in [1.29, 1.82) is 0 Å². The maximum absolute atomic E-state index is 4.81. The molecular weight excluding hydrogens is 458 g/mol. The summed E-state index contributed by atoms with van der Waals surface area (Å²) in [7, 11) is 3.95. The van der Waals surface area contributed by atoms with Crippen LogP contribution in [0.3, 0.4) is 0 Å². The molecule has 194 valence electrons. The van der Waals surface area contributed by atoms with Crippen molar-refractivity contribution >= 4 is 17.8 Å². The van der Waals surface area contributed by atoms with Gasteiger partial charge in [0.15, 0.2) is 0 Å². The quantitative estimate of drug-likeness (QED) is 0.370. The number of hydrogen-bond donors (Lipinski definition) is 1. The zero-order valence-electron chi connectivity index (χ0n) is 22.1. The van der Waals surface area contributed by atoms with Gasteiger partial charge in [-0.25, -0.2) is 0 Å². The number of rotatable bonds is 12. The van der Waals surface area contributed by atoms with Crippen molar-refractivity contribution in [3.63, 3.8) is 0 Å². The van der Waals surface area contributed by atoms with Crippen molar-refractivity contribution in [3.8, 4) is 0 Å². The summed E-state index contributed by atoms with van der Waals surface area (Å²) in [6, 6.07) is 22.0. The van der Waals surface area contributed by atoms with Gasteiger partial charge in [-0.1, -0.05) is 72.8 Å². The lowest BCUT2D eigenvalue weighted by Crippen LogP contribution is -2.44. The summed E-state index contributed by atoms with van der Waals surface area (Å²) in [5, 5.41) is 3.86. The lowest BCUT2D eigenvalue weighted by Gasteiger charge is -2.34. The fourth-order valence-corrected chi connectivity index (χ4v) is 4.74. The molecule has 7 heteroatoms. The molecule has 2 heterocycles. The summed E-state index contributed by atoms with van der Waals surface area (Å²) in [5.74, 6) is 2.38. The second-order valence-corrected chi connectivity index (χ2v) is 9.62. The van der Waals surface area contributed by atoms with E-state index in [0.29, 0.717) is 36.9 Å². The zero-order valence-corrected chi connectivity index (χ0v) is 22.1. The van der Waals surface area contributed by atoms with Crippen molar-refractivity contribution < 1.29 is 0 Å². The number of anilines is 3. The van der Waals surface area contributed by atoms with Crippen molar-refractivity contribution in [1.82, 2.24) is 20.3 Å². The average Bonchev–Trinajstić information content (AvgIpc) is 2.95. The Kier molecular flexibility index (Phi) is 9.27. The highest BCUT2D eigenvalue weighted by Gasteiger charge is 2.24. The van der Waals surface area contributed by atoms with Crippen LogP contribution < -0.4 is 20.0 Å². The summed E-state index contributed by atoms with van der Waals surface area (Å²) >= 11 is 0. The van der Waals surface area contributed by atoms with Crippen LogP contribution in [0.4, 0.5) is 17.8 Å². The van der Waals surface area contributed by atoms with E-state index in [9.17, 15) is 0 Å². The fourth-order valence-electron chi connectivity index (χ4n) is 4.74. The normalized spacial score (nSPS) is 14.0. The van der Waals surface area contributed by atoms with Gasteiger partial charge in [-0.05, 0) is 24.0 Å². The summed E-state index contributed by atoms with van der Waals surface area (Å²) < 4.78 is 0. The maximum Gasteiger partial charge on any atom is 0.231 e. The van der Waals surface area contributed by atoms with Crippen LogP contribution in [0.2, 0.25) is 0 Å². The molecule has 0 radical (unpaired) electrons. The molecule has 0 spiro atoms. The van der Waals surface area contributed by atoms with E-state index in [1.807, 2.05) is 36.0 Å². The van der Waals surface area contributed by atoms with E-state index in [0.717, 1.165) is 38.4 Å². The lowest BCUT2D eigenvalue weighted by molar-refractivity contribution is 0.407. The van der Waals surface area contributed by atoms with Crippen LogP contribution in [0.15, 0.2) is 86.0 Å². The predicted molar refractivity (Wildman–Crippen MR) is 155 cm³/mol. The minimum absolute atomic E-state index is 0.329. The minimum Gasteiger partial charge on any atom is -0.341 e. The lowest BCUT2D eigenvalue weighted by atomic mass is 9.90. The third-order valence-electron chi connectivity index (χ3n) is 6.88. The Morgan fingerprint density at radius 1 is 0.838 bits per heavy atom. The van der Waals surface area contributed by atoms with Gasteiger partial charge in [0.2, 0.25) is 17.8 Å². The van der Waals surface area contributed by atoms with Gasteiger partial charge in [0.1, 0.15) is 0 Å². The summed E-state index contributed by atoms with van der Waals surface area (Å²) in [6.07, 6.45) is 5.78. The second kappa shape index (κ2) is 13.0. The van der Waals surface area contributed by atoms with Gasteiger partial charge in [0, 0.05) is 58.8 Å². The number of likely N-dealkylation sites (N-methyl/N-ethyl adjacent to an activating group) is 2. The van der Waals surface area contributed by atoms with Crippen LogP contribution in [-0.2, 0) is 0 Å². The van der Waals surface area contributed by atoms with Crippen LogP contribution in [0.5, 0.6) is 0 Å². The number of hydrogen-bond acceptors (Lipinski definition) is 7. The van der Waals surface area contributed by atoms with Crippen LogP contribution in [0, 0.1) is 0 Å². The van der Waals surface area contributed by atoms with Crippen molar-refractivity contribution in [2.45, 2.75) is 24.8 Å². The Bertz CT molecular complexity index is 1050. The van der Waals surface area contributed by atoms with E-state index in [1.165, 1.54) is 11.1 Å². The molecule has 37 heavy (non-hydrogen) atoms. The standard InChI is InChI=1S/C30H39N7/c1-5-19-35(3)28-32-29(36(4)20-6-2)34-30(33-28)37-21-17-26(18-22-37)31-23-27(24-13-9-7-10-14-24)25-15-11-8-12-16-25/h5-16,26-27,31H,1-2,17-23H2,3-4H3. The Balaban J connectivity index is 1.43. The molecule has 0 saturated carbocycles. The molecule has 0 aliphatic carbocycles. The van der Waals surface area contributed by atoms with Gasteiger partial charge in [-0.3, -0.25) is 0 Å². The minimum atomic E-state index is 0.329. The fraction of sp³-hybridized carbons (Fsp3) is 0.367. The largest absolute Gasteiger partial charge is 0.341 e. The van der Waals surface area contributed by atoms with Crippen LogP contribution in [0.25, 0.3) is 0 Å². The molecule has 1 aliphatic heterocycles. The van der Waals surface area contributed by atoms with Gasteiger partial charge in [-0.2, -0.15) is 15.0 Å². The van der Waals surface area contributed by atoms with Crippen LogP contribution >= 0.6 is 0 Å². The van der Waals surface area contributed by atoms with E-state index < -0.39 is 0 Å². The van der Waals surface area contributed by atoms with Gasteiger partial charge < -0.3 is 20.0 Å². The van der Waals surface area contributed by atoms with Gasteiger partial charge >= 0.3 is 0 Å². The Labute approximate surface area is 221 Å². The summed E-state index contributed by atoms with van der Waals surface area (Å²) in [5.41, 5.74) is 2.69. The van der Waals surface area contributed by atoms with E-state index >= 15 is 0 Å².